The molecule has 0 spiro atoms. The molecular weight excluding hydrogens is 384 g/mol. The van der Waals surface area contributed by atoms with E-state index in [-0.39, 0.29) is 5.91 Å². The Morgan fingerprint density at radius 1 is 0.935 bits per heavy atom. The number of likely N-dealkylation sites (N-methyl/N-ethyl adjacent to an activating group) is 1. The summed E-state index contributed by atoms with van der Waals surface area (Å²) in [6.45, 7) is 1.60. The van der Waals surface area contributed by atoms with Gasteiger partial charge in [0.1, 0.15) is 5.82 Å². The maximum Gasteiger partial charge on any atom is 0.253 e. The van der Waals surface area contributed by atoms with Crippen LogP contribution in [0.2, 0.25) is 0 Å². The summed E-state index contributed by atoms with van der Waals surface area (Å²) in [7, 11) is 4.15. The van der Waals surface area contributed by atoms with Crippen molar-refractivity contribution in [2.75, 3.05) is 27.2 Å². The van der Waals surface area contributed by atoms with Crippen LogP contribution in [0.15, 0.2) is 78.9 Å². The van der Waals surface area contributed by atoms with Gasteiger partial charge in [-0.15, -0.1) is 0 Å². The van der Waals surface area contributed by atoms with Crippen LogP contribution < -0.4 is 0 Å². The summed E-state index contributed by atoms with van der Waals surface area (Å²) in [5.74, 6) is 1.00. The smallest absolute Gasteiger partial charge is 0.253 e. The van der Waals surface area contributed by atoms with Gasteiger partial charge in [0.2, 0.25) is 0 Å². The van der Waals surface area contributed by atoms with E-state index in [1.165, 1.54) is 0 Å². The Labute approximate surface area is 182 Å². The molecule has 31 heavy (non-hydrogen) atoms. The lowest BCUT2D eigenvalue weighted by Gasteiger charge is -2.20. The van der Waals surface area contributed by atoms with Gasteiger partial charge in [0.05, 0.1) is 11.0 Å². The molecule has 1 atom stereocenters. The minimum Gasteiger partial charge on any atom is -0.337 e. The van der Waals surface area contributed by atoms with Crippen LogP contribution in [0, 0.1) is 0 Å². The first-order valence-electron chi connectivity index (χ1n) is 10.7. The molecule has 1 amide bonds. The molecule has 1 saturated heterocycles. The monoisotopic (exact) mass is 410 g/mol. The fraction of sp³-hybridized carbons (Fsp3) is 0.231. The van der Waals surface area contributed by atoms with E-state index in [2.05, 4.69) is 41.8 Å². The van der Waals surface area contributed by atoms with Crippen molar-refractivity contribution in [2.24, 2.45) is 0 Å². The molecule has 0 saturated carbocycles. The zero-order chi connectivity index (χ0) is 21.4. The number of nitrogens with zero attached hydrogens (tertiary/aromatic N) is 4. The molecule has 1 fully saturated rings. The largest absolute Gasteiger partial charge is 0.337 e. The minimum atomic E-state index is 0.106. The van der Waals surface area contributed by atoms with E-state index >= 15 is 0 Å². The van der Waals surface area contributed by atoms with Crippen LogP contribution in [0.3, 0.4) is 0 Å². The predicted octanol–water partition coefficient (Wildman–Crippen LogP) is 4.47. The molecule has 156 valence electrons. The number of hydrogen-bond acceptors (Lipinski definition) is 3. The fourth-order valence-corrected chi connectivity index (χ4v) is 4.35. The molecule has 0 radical (unpaired) electrons. The molecule has 4 aromatic rings. The molecule has 1 aromatic heterocycles. The number of carbonyl (C=O) groups excluding carboxylic acids is 1. The van der Waals surface area contributed by atoms with Crippen LogP contribution in [-0.4, -0.2) is 58.5 Å². The Morgan fingerprint density at radius 2 is 1.65 bits per heavy atom. The highest BCUT2D eigenvalue weighted by Crippen LogP contribution is 2.29. The average molecular weight is 411 g/mol. The number of likely N-dealkylation sites (tertiary alicyclic amines) is 1. The number of benzene rings is 3. The highest BCUT2D eigenvalue weighted by molar-refractivity contribution is 5.94. The summed E-state index contributed by atoms with van der Waals surface area (Å²) in [5.41, 5.74) is 4.79. The molecule has 1 unspecified atom stereocenters. The number of para-hydroxylation sites is 2. The maximum atomic E-state index is 13.0. The maximum absolute atomic E-state index is 13.0. The Bertz CT molecular complexity index is 1210. The van der Waals surface area contributed by atoms with Crippen molar-refractivity contribution < 1.29 is 4.79 Å². The van der Waals surface area contributed by atoms with Gasteiger partial charge in [-0.25, -0.2) is 4.98 Å². The zero-order valence-corrected chi connectivity index (χ0v) is 17.9. The standard InChI is InChI=1S/C26H26N4O/c1-28(2)22-16-17-29(18-22)26(31)20-12-14-21(15-13-20)30-24-11-7-6-10-23(24)27-25(30)19-8-4-3-5-9-19/h3-15,22H,16-18H2,1-2H3. The van der Waals surface area contributed by atoms with E-state index in [9.17, 15) is 4.79 Å². The average Bonchev–Trinajstić information content (AvgIpc) is 3.45. The lowest BCUT2D eigenvalue weighted by Crippen LogP contribution is -2.34. The van der Waals surface area contributed by atoms with Crippen LogP contribution in [0.5, 0.6) is 0 Å². The lowest BCUT2D eigenvalue weighted by atomic mass is 10.1. The number of imidazole rings is 1. The van der Waals surface area contributed by atoms with E-state index in [1.54, 1.807) is 0 Å². The van der Waals surface area contributed by atoms with Gasteiger partial charge in [0, 0.05) is 35.9 Å². The predicted molar refractivity (Wildman–Crippen MR) is 125 cm³/mol. The van der Waals surface area contributed by atoms with Crippen LogP contribution in [0.25, 0.3) is 28.1 Å². The molecule has 0 bridgehead atoms. The van der Waals surface area contributed by atoms with Crippen LogP contribution in [0.1, 0.15) is 16.8 Å². The van der Waals surface area contributed by atoms with Crippen molar-refractivity contribution in [3.05, 3.63) is 84.4 Å². The Kier molecular flexibility index (Phi) is 5.04. The summed E-state index contributed by atoms with van der Waals surface area (Å²) in [6.07, 6.45) is 1.03. The highest BCUT2D eigenvalue weighted by atomic mass is 16.2. The van der Waals surface area contributed by atoms with E-state index in [0.29, 0.717) is 6.04 Å². The van der Waals surface area contributed by atoms with Crippen LogP contribution >= 0.6 is 0 Å². The third-order valence-corrected chi connectivity index (χ3v) is 6.15. The molecule has 3 aromatic carbocycles. The van der Waals surface area contributed by atoms with Gasteiger partial charge in [0.25, 0.3) is 5.91 Å². The first-order chi connectivity index (χ1) is 15.1. The fourth-order valence-electron chi connectivity index (χ4n) is 4.35. The number of hydrogen-bond donors (Lipinski definition) is 0. The first kappa shape index (κ1) is 19.5. The van der Waals surface area contributed by atoms with Gasteiger partial charge in [-0.1, -0.05) is 42.5 Å². The summed E-state index contributed by atoms with van der Waals surface area (Å²) < 4.78 is 2.16. The number of amides is 1. The van der Waals surface area contributed by atoms with Gasteiger partial charge in [0.15, 0.2) is 0 Å². The first-order valence-corrected chi connectivity index (χ1v) is 10.7. The van der Waals surface area contributed by atoms with E-state index in [0.717, 1.165) is 53.2 Å². The van der Waals surface area contributed by atoms with E-state index < -0.39 is 0 Å². The van der Waals surface area contributed by atoms with Crippen molar-refractivity contribution in [3.8, 4) is 17.1 Å². The Balaban J connectivity index is 1.50. The normalized spacial score (nSPS) is 16.4. The number of rotatable bonds is 4. The molecule has 1 aliphatic rings. The Morgan fingerprint density at radius 3 is 2.35 bits per heavy atom. The molecule has 5 heteroatoms. The molecule has 0 N–H and O–H groups in total. The Hall–Kier alpha value is -3.44. The third kappa shape index (κ3) is 3.62. The highest BCUT2D eigenvalue weighted by Gasteiger charge is 2.28. The lowest BCUT2D eigenvalue weighted by molar-refractivity contribution is 0.0783. The van der Waals surface area contributed by atoms with Crippen molar-refractivity contribution >= 4 is 16.9 Å². The second kappa shape index (κ2) is 8.00. The SMILES string of the molecule is CN(C)C1CCN(C(=O)c2ccc(-n3c(-c4ccccc4)nc4ccccc43)cc2)C1. The molecule has 5 nitrogen and oxygen atoms in total. The molecule has 5 rings (SSSR count). The van der Waals surface area contributed by atoms with Gasteiger partial charge in [-0.05, 0) is 56.9 Å². The second-order valence-corrected chi connectivity index (χ2v) is 8.33. The number of aromatic nitrogens is 2. The summed E-state index contributed by atoms with van der Waals surface area (Å²) in [6, 6.07) is 26.7. The van der Waals surface area contributed by atoms with E-state index in [4.69, 9.17) is 4.98 Å². The second-order valence-electron chi connectivity index (χ2n) is 8.33. The third-order valence-electron chi connectivity index (χ3n) is 6.15. The van der Waals surface area contributed by atoms with Crippen molar-refractivity contribution in [1.82, 2.24) is 19.4 Å². The summed E-state index contributed by atoms with van der Waals surface area (Å²) >= 11 is 0. The molecule has 1 aliphatic heterocycles. The topological polar surface area (TPSA) is 41.4 Å². The summed E-state index contributed by atoms with van der Waals surface area (Å²) in [4.78, 5) is 22.0. The van der Waals surface area contributed by atoms with Crippen molar-refractivity contribution in [1.29, 1.82) is 0 Å². The molecule has 0 aliphatic carbocycles. The summed E-state index contributed by atoms with van der Waals surface area (Å²) in [5, 5.41) is 0. The molecule has 2 heterocycles. The number of fused-ring (bicyclic) bond motifs is 1. The van der Waals surface area contributed by atoms with Gasteiger partial charge in [-0.2, -0.15) is 0 Å². The number of carbonyl (C=O) groups is 1. The zero-order valence-electron chi connectivity index (χ0n) is 17.9. The van der Waals surface area contributed by atoms with Crippen molar-refractivity contribution in [3.63, 3.8) is 0 Å². The van der Waals surface area contributed by atoms with Gasteiger partial charge in [-0.3, -0.25) is 9.36 Å². The van der Waals surface area contributed by atoms with Crippen LogP contribution in [0.4, 0.5) is 0 Å². The quantitative estimate of drug-likeness (QED) is 0.499. The minimum absolute atomic E-state index is 0.106. The van der Waals surface area contributed by atoms with Crippen molar-refractivity contribution in [2.45, 2.75) is 12.5 Å². The van der Waals surface area contributed by atoms with E-state index in [1.807, 2.05) is 65.6 Å². The van der Waals surface area contributed by atoms with Crippen LogP contribution in [-0.2, 0) is 0 Å². The molecular formula is C26H26N4O. The van der Waals surface area contributed by atoms with Gasteiger partial charge < -0.3 is 9.80 Å². The van der Waals surface area contributed by atoms with Gasteiger partial charge >= 0.3 is 0 Å².